The molecule has 0 radical (unpaired) electrons. The Labute approximate surface area is 203 Å². The Morgan fingerprint density at radius 3 is 2.37 bits per heavy atom. The lowest BCUT2D eigenvalue weighted by Crippen LogP contribution is -2.37. The number of rotatable bonds is 10. The number of anilines is 3. The molecule has 0 fully saturated rings. The zero-order chi connectivity index (χ0) is 24.8. The first-order valence-electron chi connectivity index (χ1n) is 11.2. The largest absolute Gasteiger partial charge is 0.496 e. The molecular formula is C25H28N6O4. The van der Waals surface area contributed by atoms with Gasteiger partial charge in [0.2, 0.25) is 11.9 Å². The summed E-state index contributed by atoms with van der Waals surface area (Å²) in [6.45, 7) is 3.86. The number of nitrogens with one attached hydrogen (secondary N) is 1. The Morgan fingerprint density at radius 1 is 1.00 bits per heavy atom. The highest BCUT2D eigenvalue weighted by molar-refractivity contribution is 5.71. The molecule has 0 unspecified atom stereocenters. The third-order valence-electron chi connectivity index (χ3n) is 5.06. The van der Waals surface area contributed by atoms with Crippen molar-refractivity contribution in [1.29, 1.82) is 0 Å². The summed E-state index contributed by atoms with van der Waals surface area (Å²) in [4.78, 5) is 19.5. The average Bonchev–Trinajstić information content (AvgIpc) is 3.38. The van der Waals surface area contributed by atoms with Gasteiger partial charge in [-0.3, -0.25) is 0 Å². The lowest BCUT2D eigenvalue weighted by atomic mass is 10.1. The number of oxazole rings is 1. The number of hydrogen-bond donors (Lipinski definition) is 3. The van der Waals surface area contributed by atoms with E-state index in [0.717, 1.165) is 11.1 Å². The third-order valence-corrected chi connectivity index (χ3v) is 5.06. The molecule has 182 valence electrons. The van der Waals surface area contributed by atoms with E-state index in [1.165, 1.54) is 6.39 Å². The zero-order valence-electron chi connectivity index (χ0n) is 19.8. The maximum absolute atomic E-state index is 10.0. The molecule has 0 aliphatic rings. The van der Waals surface area contributed by atoms with Gasteiger partial charge in [-0.2, -0.15) is 15.0 Å². The number of benzene rings is 2. The maximum Gasteiger partial charge on any atom is 0.232 e. The minimum absolute atomic E-state index is 0.252. The fourth-order valence-corrected chi connectivity index (χ4v) is 3.60. The molecule has 0 saturated heterocycles. The summed E-state index contributed by atoms with van der Waals surface area (Å²) in [6.07, 6.45) is 1.70. The monoisotopic (exact) mass is 476 g/mol. The number of nitrogens with zero attached hydrogens (tertiary/aromatic N) is 5. The molecule has 0 spiro atoms. The minimum Gasteiger partial charge on any atom is -0.496 e. The van der Waals surface area contributed by atoms with Crippen LogP contribution in [-0.4, -0.2) is 62.6 Å². The second kappa shape index (κ2) is 10.9. The van der Waals surface area contributed by atoms with Crippen LogP contribution < -0.4 is 15.0 Å². The second-order valence-electron chi connectivity index (χ2n) is 8.16. The predicted octanol–water partition coefficient (Wildman–Crippen LogP) is 3.51. The van der Waals surface area contributed by atoms with E-state index < -0.39 is 12.2 Å². The van der Waals surface area contributed by atoms with Gasteiger partial charge in [0.1, 0.15) is 5.75 Å². The van der Waals surface area contributed by atoms with Crippen molar-refractivity contribution in [2.24, 2.45) is 0 Å². The quantitative estimate of drug-likeness (QED) is 0.313. The molecule has 0 aliphatic heterocycles. The van der Waals surface area contributed by atoms with Crippen molar-refractivity contribution >= 4 is 17.6 Å². The molecule has 2 aromatic heterocycles. The summed E-state index contributed by atoms with van der Waals surface area (Å²) in [5.41, 5.74) is 2.27. The topological polar surface area (TPSA) is 130 Å². The number of aromatic nitrogens is 4. The van der Waals surface area contributed by atoms with E-state index >= 15 is 0 Å². The van der Waals surface area contributed by atoms with Crippen LogP contribution in [0, 0.1) is 0 Å². The molecule has 10 heteroatoms. The number of hydrogen-bond acceptors (Lipinski definition) is 10. The molecule has 0 saturated carbocycles. The average molecular weight is 477 g/mol. The highest BCUT2D eigenvalue weighted by atomic mass is 16.5. The SMILES string of the molecule is COc1cc(Nc2nc(-c3ccccc3)nc(N(C[C@H](C)O)C[C@H](C)O)n2)ccc1-c1cnco1. The first kappa shape index (κ1) is 24.1. The van der Waals surface area contributed by atoms with Crippen molar-refractivity contribution in [3.63, 3.8) is 0 Å². The van der Waals surface area contributed by atoms with Gasteiger partial charge in [-0.05, 0) is 26.0 Å². The van der Waals surface area contributed by atoms with E-state index in [1.54, 1.807) is 32.1 Å². The van der Waals surface area contributed by atoms with Crippen molar-refractivity contribution < 1.29 is 19.4 Å². The number of methoxy groups -OCH3 is 1. The van der Waals surface area contributed by atoms with Gasteiger partial charge in [-0.15, -0.1) is 0 Å². The molecule has 10 nitrogen and oxygen atoms in total. The Bertz CT molecular complexity index is 1220. The molecule has 2 aromatic carbocycles. The normalized spacial score (nSPS) is 12.7. The fraction of sp³-hybridized carbons (Fsp3) is 0.280. The molecular weight excluding hydrogens is 448 g/mol. The van der Waals surface area contributed by atoms with E-state index in [4.69, 9.17) is 9.15 Å². The van der Waals surface area contributed by atoms with Crippen molar-refractivity contribution in [3.05, 3.63) is 61.1 Å². The lowest BCUT2D eigenvalue weighted by Gasteiger charge is -2.26. The van der Waals surface area contributed by atoms with Crippen LogP contribution in [0.2, 0.25) is 0 Å². The van der Waals surface area contributed by atoms with Crippen molar-refractivity contribution in [3.8, 4) is 28.5 Å². The lowest BCUT2D eigenvalue weighted by molar-refractivity contribution is 0.177. The molecule has 3 N–H and O–H groups in total. The van der Waals surface area contributed by atoms with Crippen molar-refractivity contribution in [2.45, 2.75) is 26.1 Å². The van der Waals surface area contributed by atoms with Crippen LogP contribution in [0.25, 0.3) is 22.7 Å². The number of aliphatic hydroxyl groups excluding tert-OH is 2. The zero-order valence-corrected chi connectivity index (χ0v) is 19.8. The smallest absolute Gasteiger partial charge is 0.232 e. The third kappa shape index (κ3) is 6.11. The Morgan fingerprint density at radius 2 is 1.74 bits per heavy atom. The van der Waals surface area contributed by atoms with Gasteiger partial charge < -0.3 is 29.6 Å². The summed E-state index contributed by atoms with van der Waals surface area (Å²) in [6, 6.07) is 15.1. The second-order valence-corrected chi connectivity index (χ2v) is 8.16. The van der Waals surface area contributed by atoms with Crippen LogP contribution in [0.3, 0.4) is 0 Å². The first-order chi connectivity index (χ1) is 16.9. The standard InChI is InChI=1S/C25H28N6O4/c1-16(32)13-31(14-17(2)33)25-29-23(18-7-5-4-6-8-18)28-24(30-25)27-19-9-10-20(21(11-19)34-3)22-12-26-15-35-22/h4-12,15-17,32-33H,13-14H2,1-3H3,(H,27,28,29,30)/t16-,17-/m0/s1. The number of ether oxygens (including phenoxy) is 1. The minimum atomic E-state index is -0.644. The molecule has 0 aliphatic carbocycles. The van der Waals surface area contributed by atoms with Crippen molar-refractivity contribution in [1.82, 2.24) is 19.9 Å². The van der Waals surface area contributed by atoms with Crippen molar-refractivity contribution in [2.75, 3.05) is 30.4 Å². The van der Waals surface area contributed by atoms with Gasteiger partial charge in [0.15, 0.2) is 18.0 Å². The molecule has 0 amide bonds. The van der Waals surface area contributed by atoms with Gasteiger partial charge in [0.05, 0.1) is 31.1 Å². The highest BCUT2D eigenvalue weighted by Crippen LogP contribution is 2.33. The fourth-order valence-electron chi connectivity index (χ4n) is 3.60. The van der Waals surface area contributed by atoms with E-state index in [0.29, 0.717) is 34.9 Å². The van der Waals surface area contributed by atoms with Gasteiger partial charge in [0.25, 0.3) is 0 Å². The molecule has 0 bridgehead atoms. The summed E-state index contributed by atoms with van der Waals surface area (Å²) in [5, 5.41) is 23.3. The Kier molecular flexibility index (Phi) is 7.54. The molecule has 2 atom stereocenters. The summed E-state index contributed by atoms with van der Waals surface area (Å²) in [5.74, 6) is 2.30. The number of aliphatic hydroxyl groups is 2. The van der Waals surface area contributed by atoms with E-state index in [1.807, 2.05) is 48.5 Å². The predicted molar refractivity (Wildman–Crippen MR) is 133 cm³/mol. The summed E-state index contributed by atoms with van der Waals surface area (Å²) in [7, 11) is 1.58. The van der Waals surface area contributed by atoms with Gasteiger partial charge in [0, 0.05) is 30.4 Å². The van der Waals surface area contributed by atoms with Gasteiger partial charge >= 0.3 is 0 Å². The van der Waals surface area contributed by atoms with Crippen LogP contribution in [0.1, 0.15) is 13.8 Å². The van der Waals surface area contributed by atoms with E-state index in [-0.39, 0.29) is 13.1 Å². The first-order valence-corrected chi connectivity index (χ1v) is 11.2. The maximum atomic E-state index is 10.0. The Balaban J connectivity index is 1.73. The molecule has 4 aromatic rings. The highest BCUT2D eigenvalue weighted by Gasteiger charge is 2.19. The van der Waals surface area contributed by atoms with Crippen LogP contribution in [0.4, 0.5) is 17.6 Å². The van der Waals surface area contributed by atoms with Gasteiger partial charge in [-0.1, -0.05) is 30.3 Å². The van der Waals surface area contributed by atoms with Crippen LogP contribution in [-0.2, 0) is 0 Å². The van der Waals surface area contributed by atoms with E-state index in [2.05, 4.69) is 25.3 Å². The van der Waals surface area contributed by atoms with Crippen LogP contribution in [0.5, 0.6) is 5.75 Å². The van der Waals surface area contributed by atoms with Gasteiger partial charge in [-0.25, -0.2) is 4.98 Å². The van der Waals surface area contributed by atoms with E-state index in [9.17, 15) is 10.2 Å². The van der Waals surface area contributed by atoms with Crippen LogP contribution in [0.15, 0.2) is 65.5 Å². The summed E-state index contributed by atoms with van der Waals surface area (Å²) >= 11 is 0. The molecule has 2 heterocycles. The van der Waals surface area contributed by atoms with Crippen LogP contribution >= 0.6 is 0 Å². The summed E-state index contributed by atoms with van der Waals surface area (Å²) < 4.78 is 10.9. The molecule has 4 rings (SSSR count). The Hall–Kier alpha value is -4.02. The molecule has 35 heavy (non-hydrogen) atoms.